The number of carbonyl (C=O) groups excluding carboxylic acids is 1. The van der Waals surface area contributed by atoms with Crippen LogP contribution in [0.2, 0.25) is 0 Å². The highest BCUT2D eigenvalue weighted by Crippen LogP contribution is 2.23. The predicted molar refractivity (Wildman–Crippen MR) is 97.5 cm³/mol. The second kappa shape index (κ2) is 8.54. The van der Waals surface area contributed by atoms with E-state index in [1.807, 2.05) is 0 Å². The summed E-state index contributed by atoms with van der Waals surface area (Å²) in [6.07, 6.45) is 0.618. The normalized spacial score (nSPS) is 11.0. The van der Waals surface area contributed by atoms with Gasteiger partial charge in [0.1, 0.15) is 5.69 Å². The van der Waals surface area contributed by atoms with Crippen molar-refractivity contribution in [2.24, 2.45) is 5.73 Å². The van der Waals surface area contributed by atoms with Crippen LogP contribution in [0.5, 0.6) is 0 Å². The number of aromatic nitrogens is 1. The quantitative estimate of drug-likeness (QED) is 0.692. The smallest absolute Gasteiger partial charge is 0.275 e. The maximum Gasteiger partial charge on any atom is 0.275 e. The summed E-state index contributed by atoms with van der Waals surface area (Å²) in [4.78, 5) is 16.6. The molecule has 2 aromatic rings. The van der Waals surface area contributed by atoms with E-state index < -0.39 is 10.0 Å². The van der Waals surface area contributed by atoms with Crippen molar-refractivity contribution in [1.82, 2.24) is 9.71 Å². The summed E-state index contributed by atoms with van der Waals surface area (Å²) in [5.74, 6) is -0.383. The van der Waals surface area contributed by atoms with E-state index in [1.54, 1.807) is 24.4 Å². The Morgan fingerprint density at radius 3 is 2.71 bits per heavy atom. The Kier molecular flexibility index (Phi) is 7.30. The number of nitrogens with zero attached hydrogens (tertiary/aromatic N) is 1. The average molecular weight is 391 g/mol. The number of thiazole rings is 1. The van der Waals surface area contributed by atoms with Crippen molar-refractivity contribution in [3.05, 3.63) is 39.8 Å². The van der Waals surface area contributed by atoms with Crippen LogP contribution < -0.4 is 15.8 Å². The lowest BCUT2D eigenvalue weighted by Gasteiger charge is -2.11. The van der Waals surface area contributed by atoms with Gasteiger partial charge in [-0.1, -0.05) is 6.07 Å². The van der Waals surface area contributed by atoms with Crippen LogP contribution in [0.3, 0.4) is 0 Å². The molecule has 4 N–H and O–H groups in total. The molecule has 0 aliphatic heterocycles. The summed E-state index contributed by atoms with van der Waals surface area (Å²) in [6, 6.07) is 4.71. The number of nitrogens with two attached hydrogens (primary N) is 1. The number of sulfonamides is 1. The lowest BCUT2D eigenvalue weighted by Crippen LogP contribution is -2.21. The number of carbonyl (C=O) groups is 1. The number of nitrogens with one attached hydrogen (secondary N) is 2. The molecule has 0 aliphatic carbocycles. The Morgan fingerprint density at radius 1 is 1.38 bits per heavy atom. The first-order valence-corrected chi connectivity index (χ1v) is 9.24. The largest absolute Gasteiger partial charge is 0.330 e. The number of benzene rings is 1. The number of rotatable bonds is 6. The molecule has 1 amide bonds. The lowest BCUT2D eigenvalue weighted by atomic mass is 10.2. The van der Waals surface area contributed by atoms with Crippen LogP contribution in [0.25, 0.3) is 0 Å². The Morgan fingerprint density at radius 2 is 2.08 bits per heavy atom. The first-order chi connectivity index (χ1) is 10.9. The van der Waals surface area contributed by atoms with Gasteiger partial charge in [0.2, 0.25) is 10.0 Å². The molecule has 2 rings (SSSR count). The standard InChI is InChI=1S/C14H18N4O3S2.ClH/c1-9-10(4-3-5-12(9)23(20,21)16-2)18-14(19)11-8-22-13(17-11)6-7-15;/h3-5,8,16H,6-7,15H2,1-2H3,(H,18,19);1H. The summed E-state index contributed by atoms with van der Waals surface area (Å²) in [7, 11) is -2.24. The van der Waals surface area contributed by atoms with Crippen molar-refractivity contribution in [3.63, 3.8) is 0 Å². The summed E-state index contributed by atoms with van der Waals surface area (Å²) >= 11 is 1.37. The lowest BCUT2D eigenvalue weighted by molar-refractivity contribution is 0.102. The zero-order chi connectivity index (χ0) is 17.0. The number of amides is 1. The highest BCUT2D eigenvalue weighted by molar-refractivity contribution is 7.89. The molecule has 0 fully saturated rings. The molecule has 0 radical (unpaired) electrons. The summed E-state index contributed by atoms with van der Waals surface area (Å²) in [5, 5.41) is 5.15. The molecule has 0 spiro atoms. The molecule has 24 heavy (non-hydrogen) atoms. The molecule has 0 aliphatic rings. The summed E-state index contributed by atoms with van der Waals surface area (Å²) in [5.41, 5.74) is 6.65. The van der Waals surface area contributed by atoms with E-state index in [1.165, 1.54) is 24.5 Å². The third-order valence-electron chi connectivity index (χ3n) is 3.23. The third kappa shape index (κ3) is 4.52. The van der Waals surface area contributed by atoms with Crippen molar-refractivity contribution >= 4 is 45.4 Å². The van der Waals surface area contributed by atoms with Crippen LogP contribution in [-0.4, -0.2) is 32.9 Å². The van der Waals surface area contributed by atoms with Gasteiger partial charge in [0, 0.05) is 17.5 Å². The van der Waals surface area contributed by atoms with Crippen LogP contribution in [0, 0.1) is 6.92 Å². The van der Waals surface area contributed by atoms with Gasteiger partial charge in [0.25, 0.3) is 5.91 Å². The van der Waals surface area contributed by atoms with E-state index >= 15 is 0 Å². The monoisotopic (exact) mass is 390 g/mol. The minimum absolute atomic E-state index is 0. The molecule has 1 aromatic carbocycles. The van der Waals surface area contributed by atoms with Crippen molar-refractivity contribution in [2.75, 3.05) is 18.9 Å². The van der Waals surface area contributed by atoms with Crippen LogP contribution in [0.1, 0.15) is 21.1 Å². The van der Waals surface area contributed by atoms with E-state index in [0.717, 1.165) is 5.01 Å². The first kappa shape index (κ1) is 20.5. The maximum atomic E-state index is 12.3. The van der Waals surface area contributed by atoms with E-state index in [0.29, 0.717) is 29.9 Å². The van der Waals surface area contributed by atoms with Crippen LogP contribution in [0.4, 0.5) is 5.69 Å². The van der Waals surface area contributed by atoms with Gasteiger partial charge >= 0.3 is 0 Å². The fourth-order valence-corrected chi connectivity index (χ4v) is 3.78. The topological polar surface area (TPSA) is 114 Å². The third-order valence-corrected chi connectivity index (χ3v) is 5.70. The van der Waals surface area contributed by atoms with Gasteiger partial charge in [-0.15, -0.1) is 23.7 Å². The fraction of sp³-hybridized carbons (Fsp3) is 0.286. The van der Waals surface area contributed by atoms with Crippen molar-refractivity contribution < 1.29 is 13.2 Å². The molecule has 0 saturated carbocycles. The predicted octanol–water partition coefficient (Wildman–Crippen LogP) is 1.53. The van der Waals surface area contributed by atoms with Gasteiger partial charge in [0.05, 0.1) is 9.90 Å². The Labute approximate surface area is 151 Å². The van der Waals surface area contributed by atoms with E-state index in [2.05, 4.69) is 15.0 Å². The molecule has 0 atom stereocenters. The minimum Gasteiger partial charge on any atom is -0.330 e. The van der Waals surface area contributed by atoms with Gasteiger partial charge in [-0.3, -0.25) is 4.79 Å². The van der Waals surface area contributed by atoms with Crippen LogP contribution in [-0.2, 0) is 16.4 Å². The zero-order valence-electron chi connectivity index (χ0n) is 13.2. The molecule has 1 aromatic heterocycles. The SMILES string of the molecule is CNS(=O)(=O)c1cccc(NC(=O)c2csc(CCN)n2)c1C.Cl. The molecule has 0 unspecified atom stereocenters. The van der Waals surface area contributed by atoms with Crippen molar-refractivity contribution in [3.8, 4) is 0 Å². The van der Waals surface area contributed by atoms with E-state index in [9.17, 15) is 13.2 Å². The molecule has 132 valence electrons. The Balaban J connectivity index is 0.00000288. The molecular formula is C14H19ClN4O3S2. The van der Waals surface area contributed by atoms with Gasteiger partial charge in [-0.2, -0.15) is 0 Å². The number of halogens is 1. The van der Waals surface area contributed by atoms with Gasteiger partial charge in [-0.25, -0.2) is 18.1 Å². The maximum absolute atomic E-state index is 12.3. The average Bonchev–Trinajstić information content (AvgIpc) is 2.98. The van der Waals surface area contributed by atoms with Crippen LogP contribution >= 0.6 is 23.7 Å². The molecule has 1 heterocycles. The van der Waals surface area contributed by atoms with Crippen molar-refractivity contribution in [2.45, 2.75) is 18.2 Å². The Bertz CT molecular complexity index is 821. The number of hydrogen-bond acceptors (Lipinski definition) is 6. The Hall–Kier alpha value is -1.52. The van der Waals surface area contributed by atoms with E-state index in [-0.39, 0.29) is 23.2 Å². The molecule has 0 bridgehead atoms. The van der Waals surface area contributed by atoms with Gasteiger partial charge in [-0.05, 0) is 38.2 Å². The summed E-state index contributed by atoms with van der Waals surface area (Å²) in [6.45, 7) is 2.11. The highest BCUT2D eigenvalue weighted by Gasteiger charge is 2.18. The summed E-state index contributed by atoms with van der Waals surface area (Å²) < 4.78 is 26.2. The number of anilines is 1. The second-order valence-electron chi connectivity index (χ2n) is 4.76. The van der Waals surface area contributed by atoms with E-state index in [4.69, 9.17) is 5.73 Å². The van der Waals surface area contributed by atoms with Gasteiger partial charge < -0.3 is 11.1 Å². The van der Waals surface area contributed by atoms with Gasteiger partial charge in [0.15, 0.2) is 0 Å². The molecule has 0 saturated heterocycles. The highest BCUT2D eigenvalue weighted by atomic mass is 35.5. The first-order valence-electron chi connectivity index (χ1n) is 6.88. The zero-order valence-corrected chi connectivity index (χ0v) is 15.6. The minimum atomic E-state index is -3.58. The number of hydrogen-bond donors (Lipinski definition) is 3. The van der Waals surface area contributed by atoms with Crippen LogP contribution in [0.15, 0.2) is 28.5 Å². The fourth-order valence-electron chi connectivity index (χ4n) is 1.99. The molecule has 7 nitrogen and oxygen atoms in total. The molecular weight excluding hydrogens is 372 g/mol. The molecule has 10 heteroatoms. The van der Waals surface area contributed by atoms with Crippen molar-refractivity contribution in [1.29, 1.82) is 0 Å². The second-order valence-corrected chi connectivity index (χ2v) is 7.55.